The van der Waals surface area contributed by atoms with Gasteiger partial charge in [-0.05, 0) is 94.8 Å². The number of carbonyl (C=O) groups is 1. The minimum Gasteiger partial charge on any atom is -0.395 e. The van der Waals surface area contributed by atoms with Gasteiger partial charge in [0.05, 0.1) is 25.3 Å². The number of ketones is 1. The number of aliphatic hydroxyl groups is 2. The molecule has 0 spiro atoms. The first-order valence-corrected chi connectivity index (χ1v) is 21.9. The average Bonchev–Trinajstić information content (AvgIpc) is 4.08. The number of benzene rings is 4. The maximum absolute atomic E-state index is 15.1. The summed E-state index contributed by atoms with van der Waals surface area (Å²) in [6, 6.07) is 25.9. The number of fused-ring (bicyclic) bond motifs is 4. The molecule has 0 amide bonds. The highest BCUT2D eigenvalue weighted by Gasteiger charge is 2.40. The summed E-state index contributed by atoms with van der Waals surface area (Å²) in [7, 11) is 0. The number of hydrogen-bond acceptors (Lipinski definition) is 9. The van der Waals surface area contributed by atoms with Crippen LogP contribution in [0.5, 0.6) is 0 Å². The van der Waals surface area contributed by atoms with Crippen LogP contribution in [0.4, 0.5) is 0 Å². The lowest BCUT2D eigenvalue weighted by Crippen LogP contribution is -2.46. The number of hydrogen-bond donors (Lipinski definition) is 6. The highest BCUT2D eigenvalue weighted by Crippen LogP contribution is 2.44. The molecule has 0 radical (unpaired) electrons. The third-order valence-electron chi connectivity index (χ3n) is 13.8. The number of nitrogens with one attached hydrogen (secondary N) is 4. The number of nitrogens with zero attached hydrogens (tertiary/aromatic N) is 4. The van der Waals surface area contributed by atoms with Gasteiger partial charge in [0, 0.05) is 136 Å². The zero-order valence-corrected chi connectivity index (χ0v) is 35.0. The van der Waals surface area contributed by atoms with Crippen molar-refractivity contribution in [2.75, 3.05) is 78.7 Å². The standard InChI is InChI=1S/C49H58N8O3/c1-31-3-7-37(43-25-35-23-33(5-9-41(35)52-43)29-56-15-11-54(12-16-56)19-21-58)45-39(31)27-50-47(45)49(60)48-46-38(8-4-32(2)40(46)28-51-48)44-26-36-24-34(6-10-42(36)53-44)30-57-17-13-55(14-18-57)20-22-59/h3-10,23-26,47-48,50-53,58-59H,11-22,27-30H2,1-2H3. The number of piperazine rings is 2. The minimum atomic E-state index is -0.450. The van der Waals surface area contributed by atoms with Crippen molar-refractivity contribution in [3.8, 4) is 22.5 Å². The lowest BCUT2D eigenvalue weighted by atomic mass is 9.86. The van der Waals surface area contributed by atoms with Gasteiger partial charge in [-0.25, -0.2) is 0 Å². The normalized spacial score (nSPS) is 20.4. The molecule has 0 saturated carbocycles. The van der Waals surface area contributed by atoms with Crippen LogP contribution in [0, 0.1) is 13.8 Å². The molecule has 60 heavy (non-hydrogen) atoms. The molecule has 4 aromatic carbocycles. The van der Waals surface area contributed by atoms with Crippen LogP contribution < -0.4 is 10.6 Å². The lowest BCUT2D eigenvalue weighted by molar-refractivity contribution is -0.123. The Morgan fingerprint density at radius 3 is 1.40 bits per heavy atom. The van der Waals surface area contributed by atoms with Gasteiger partial charge in [-0.3, -0.25) is 35.0 Å². The first-order valence-electron chi connectivity index (χ1n) is 21.9. The number of aryl methyl sites for hydroxylation is 2. The van der Waals surface area contributed by atoms with Crippen LogP contribution in [0.3, 0.4) is 0 Å². The van der Waals surface area contributed by atoms with Crippen molar-refractivity contribution in [3.05, 3.63) is 117 Å². The van der Waals surface area contributed by atoms with Crippen molar-refractivity contribution in [2.45, 2.75) is 52.1 Å². The summed E-state index contributed by atoms with van der Waals surface area (Å²) in [4.78, 5) is 32.2. The molecule has 2 atom stereocenters. The van der Waals surface area contributed by atoms with Crippen LogP contribution in [0.25, 0.3) is 44.3 Å². The van der Waals surface area contributed by atoms with E-state index in [2.05, 4.69) is 127 Å². The largest absolute Gasteiger partial charge is 0.395 e. The van der Waals surface area contributed by atoms with Crippen molar-refractivity contribution < 1.29 is 15.0 Å². The van der Waals surface area contributed by atoms with Gasteiger partial charge in [0.2, 0.25) is 0 Å². The molecule has 0 aliphatic carbocycles. The molecule has 2 unspecified atom stereocenters. The van der Waals surface area contributed by atoms with Crippen LogP contribution in [0.15, 0.2) is 72.8 Å². The second-order valence-corrected chi connectivity index (χ2v) is 17.6. The van der Waals surface area contributed by atoms with E-state index < -0.39 is 12.1 Å². The Hall–Kier alpha value is -4.69. The first-order chi connectivity index (χ1) is 29.3. The van der Waals surface area contributed by atoms with Crippen molar-refractivity contribution >= 4 is 27.6 Å². The molecular weight excluding hydrogens is 749 g/mol. The summed E-state index contributed by atoms with van der Waals surface area (Å²) < 4.78 is 0. The summed E-state index contributed by atoms with van der Waals surface area (Å²) in [6.45, 7) is 17.4. The van der Waals surface area contributed by atoms with Crippen molar-refractivity contribution in [3.63, 3.8) is 0 Å². The topological polar surface area (TPSA) is 126 Å². The Kier molecular flexibility index (Phi) is 10.9. The summed E-state index contributed by atoms with van der Waals surface area (Å²) in [6.07, 6.45) is 0. The van der Waals surface area contributed by atoms with Crippen molar-refractivity contribution in [1.82, 2.24) is 40.2 Å². The highest BCUT2D eigenvalue weighted by molar-refractivity contribution is 5.98. The van der Waals surface area contributed by atoms with E-state index in [1.165, 1.54) is 44.2 Å². The van der Waals surface area contributed by atoms with Gasteiger partial charge >= 0.3 is 0 Å². The predicted octanol–water partition coefficient (Wildman–Crippen LogP) is 5.38. The number of rotatable bonds is 12. The van der Waals surface area contributed by atoms with Crippen LogP contribution >= 0.6 is 0 Å². The molecule has 2 fully saturated rings. The number of aromatic nitrogens is 2. The monoisotopic (exact) mass is 806 g/mol. The van der Waals surface area contributed by atoms with Gasteiger partial charge in [0.25, 0.3) is 0 Å². The van der Waals surface area contributed by atoms with Gasteiger partial charge in [-0.15, -0.1) is 0 Å². The van der Waals surface area contributed by atoms with Gasteiger partial charge in [-0.2, -0.15) is 0 Å². The van der Waals surface area contributed by atoms with E-state index >= 15 is 4.79 Å². The Morgan fingerprint density at radius 2 is 0.983 bits per heavy atom. The van der Waals surface area contributed by atoms with Gasteiger partial charge in [-0.1, -0.05) is 36.4 Å². The molecule has 6 heterocycles. The minimum absolute atomic E-state index is 0.154. The van der Waals surface area contributed by atoms with Gasteiger partial charge < -0.3 is 20.2 Å². The number of aliphatic hydroxyl groups excluding tert-OH is 2. The van der Waals surface area contributed by atoms with Crippen LogP contribution in [0.2, 0.25) is 0 Å². The van der Waals surface area contributed by atoms with Crippen molar-refractivity contribution in [2.24, 2.45) is 0 Å². The molecular formula is C49H58N8O3. The fraction of sp³-hybridized carbons (Fsp3) is 0.408. The zero-order chi connectivity index (χ0) is 40.9. The Bertz CT molecular complexity index is 2370. The van der Waals surface area contributed by atoms with Gasteiger partial charge in [0.15, 0.2) is 5.78 Å². The molecule has 10 rings (SSSR count). The molecule has 312 valence electrons. The number of carbonyl (C=O) groups excluding carboxylic acids is 1. The lowest BCUT2D eigenvalue weighted by Gasteiger charge is -2.34. The molecule has 4 aliphatic heterocycles. The predicted molar refractivity (Wildman–Crippen MR) is 239 cm³/mol. The number of H-pyrrole nitrogens is 2. The molecule has 6 N–H and O–H groups in total. The summed E-state index contributed by atoms with van der Waals surface area (Å²) in [5, 5.41) is 28.4. The second kappa shape index (κ2) is 16.6. The number of β-amino-alcohol motifs (C(OH)–C–C–N with tert-alkyl or cyclic N) is 2. The highest BCUT2D eigenvalue weighted by atomic mass is 16.3. The SMILES string of the molecule is Cc1ccc(-c2cc3cc(CN4CCN(CCO)CC4)ccc3[nH]2)c2c1CNC2C(=O)C1NCc2c(C)ccc(-c3cc4cc(CN5CCN(CCO)CC5)ccc4[nH]3)c21. The maximum Gasteiger partial charge on any atom is 0.175 e. The van der Waals surface area contributed by atoms with E-state index in [1.807, 2.05) is 0 Å². The summed E-state index contributed by atoms with van der Waals surface area (Å²) in [5.74, 6) is 0.154. The fourth-order valence-electron chi connectivity index (χ4n) is 10.4. The van der Waals surface area contributed by atoms with Crippen LogP contribution in [-0.2, 0) is 31.0 Å². The fourth-order valence-corrected chi connectivity index (χ4v) is 10.4. The molecule has 4 aliphatic rings. The third-order valence-corrected chi connectivity index (χ3v) is 13.8. The van der Waals surface area contributed by atoms with Crippen LogP contribution in [-0.4, -0.2) is 124 Å². The Labute approximate surface area is 352 Å². The van der Waals surface area contributed by atoms with Crippen LogP contribution in [0.1, 0.15) is 56.6 Å². The maximum atomic E-state index is 15.1. The second-order valence-electron chi connectivity index (χ2n) is 17.6. The van der Waals surface area contributed by atoms with E-state index in [4.69, 9.17) is 0 Å². The van der Waals surface area contributed by atoms with Gasteiger partial charge in [0.1, 0.15) is 0 Å². The van der Waals surface area contributed by atoms with E-state index in [1.54, 1.807) is 0 Å². The molecule has 2 aromatic heterocycles. The summed E-state index contributed by atoms with van der Waals surface area (Å²) >= 11 is 0. The number of aromatic amines is 2. The van der Waals surface area contributed by atoms with E-state index in [0.717, 1.165) is 123 Å². The third kappa shape index (κ3) is 7.52. The average molecular weight is 807 g/mol. The quantitative estimate of drug-likeness (QED) is 0.0968. The molecule has 11 heteroatoms. The van der Waals surface area contributed by atoms with E-state index in [9.17, 15) is 10.2 Å². The molecule has 0 bridgehead atoms. The van der Waals surface area contributed by atoms with E-state index in [-0.39, 0.29) is 19.0 Å². The Balaban J connectivity index is 0.912. The zero-order valence-electron chi connectivity index (χ0n) is 35.0. The summed E-state index contributed by atoms with van der Waals surface area (Å²) in [5.41, 5.74) is 16.0. The van der Waals surface area contributed by atoms with E-state index in [0.29, 0.717) is 13.1 Å². The Morgan fingerprint density at radius 1 is 0.567 bits per heavy atom. The smallest absolute Gasteiger partial charge is 0.175 e. The number of Topliss-reactive ketones (excluding diaryl/α,β-unsaturated/α-hetero) is 1. The molecule has 11 nitrogen and oxygen atoms in total. The molecule has 2 saturated heterocycles. The first kappa shape index (κ1) is 39.4. The van der Waals surface area contributed by atoms with Crippen molar-refractivity contribution in [1.29, 1.82) is 0 Å². The molecule has 6 aromatic rings.